The van der Waals surface area contributed by atoms with E-state index < -0.39 is 0 Å². The van der Waals surface area contributed by atoms with Crippen molar-refractivity contribution < 1.29 is 9.53 Å². The Morgan fingerprint density at radius 2 is 1.94 bits per heavy atom. The number of nitrogens with one attached hydrogen (secondary N) is 4. The number of fused-ring (bicyclic) bond motifs is 2. The molecule has 4 heterocycles. The van der Waals surface area contributed by atoms with Gasteiger partial charge in [0.25, 0.3) is 0 Å². The molecule has 3 aromatic carbocycles. The van der Waals surface area contributed by atoms with Gasteiger partial charge in [0.05, 0.1) is 11.9 Å². The van der Waals surface area contributed by atoms with Crippen molar-refractivity contribution in [2.45, 2.75) is 64.6 Å². The topological polar surface area (TPSA) is 130 Å². The molecule has 4 N–H and O–H groups in total. The first kappa shape index (κ1) is 33.7. The lowest BCUT2D eigenvalue weighted by molar-refractivity contribution is -0.111. The highest BCUT2D eigenvalue weighted by molar-refractivity contribution is 6.02. The minimum atomic E-state index is -0.255. The number of carbonyl (C=O) groups is 1. The number of carbonyl (C=O) groups excluding carboxylic acids is 1. The molecule has 0 radical (unpaired) electrons. The van der Waals surface area contributed by atoms with E-state index in [4.69, 9.17) is 19.7 Å². The first-order chi connectivity index (χ1) is 24.7. The molecule has 51 heavy (non-hydrogen) atoms. The maximum Gasteiger partial charge on any atom is 0.247 e. The van der Waals surface area contributed by atoms with Gasteiger partial charge < -0.3 is 26.0 Å². The van der Waals surface area contributed by atoms with Gasteiger partial charge in [0.15, 0.2) is 5.65 Å². The van der Waals surface area contributed by atoms with Crippen LogP contribution in [0.25, 0.3) is 27.7 Å². The Morgan fingerprint density at radius 3 is 2.75 bits per heavy atom. The molecular formula is C40H43N9O2. The van der Waals surface area contributed by atoms with Crippen LogP contribution < -0.4 is 26.0 Å². The second-order valence-corrected chi connectivity index (χ2v) is 13.9. The third-order valence-corrected chi connectivity index (χ3v) is 9.24. The molecule has 1 atom stereocenters. The summed E-state index contributed by atoms with van der Waals surface area (Å²) in [5.41, 5.74) is 6.29. The van der Waals surface area contributed by atoms with Crippen molar-refractivity contribution in [1.29, 1.82) is 0 Å². The molecule has 1 aliphatic rings. The van der Waals surface area contributed by atoms with E-state index in [9.17, 15) is 4.79 Å². The Hall–Kier alpha value is -5.81. The molecular weight excluding hydrogens is 639 g/mol. The van der Waals surface area contributed by atoms with E-state index in [-0.39, 0.29) is 23.5 Å². The molecule has 6 aromatic rings. The molecule has 0 bridgehead atoms. The monoisotopic (exact) mass is 681 g/mol. The number of hydrogen-bond donors (Lipinski definition) is 4. The molecule has 0 saturated carbocycles. The lowest BCUT2D eigenvalue weighted by atomic mass is 9.92. The molecule has 0 aliphatic carbocycles. The third kappa shape index (κ3) is 7.53. The fraction of sp³-hybridized carbons (Fsp3) is 0.275. The van der Waals surface area contributed by atoms with E-state index in [0.717, 1.165) is 69.6 Å². The van der Waals surface area contributed by atoms with Gasteiger partial charge in [0, 0.05) is 58.8 Å². The van der Waals surface area contributed by atoms with Crippen LogP contribution in [0.5, 0.6) is 5.75 Å². The fourth-order valence-corrected chi connectivity index (χ4v) is 6.39. The largest absolute Gasteiger partial charge is 0.489 e. The van der Waals surface area contributed by atoms with Gasteiger partial charge in [-0.25, -0.2) is 0 Å². The maximum absolute atomic E-state index is 11.9. The van der Waals surface area contributed by atoms with Gasteiger partial charge in [-0.3, -0.25) is 9.78 Å². The highest BCUT2D eigenvalue weighted by Crippen LogP contribution is 2.32. The zero-order valence-corrected chi connectivity index (χ0v) is 29.4. The minimum Gasteiger partial charge on any atom is -0.489 e. The summed E-state index contributed by atoms with van der Waals surface area (Å²) in [4.78, 5) is 26.5. The van der Waals surface area contributed by atoms with E-state index in [1.54, 1.807) is 10.7 Å². The van der Waals surface area contributed by atoms with Crippen molar-refractivity contribution in [3.63, 3.8) is 0 Å². The number of pyridine rings is 1. The molecule has 0 spiro atoms. The number of amides is 1. The molecule has 1 fully saturated rings. The second kappa shape index (κ2) is 14.2. The number of hydrogen-bond acceptors (Lipinski definition) is 9. The van der Waals surface area contributed by atoms with Crippen molar-refractivity contribution in [3.05, 3.63) is 109 Å². The zero-order valence-electron chi connectivity index (χ0n) is 29.4. The summed E-state index contributed by atoms with van der Waals surface area (Å²) in [5, 5.41) is 20.0. The lowest BCUT2D eigenvalue weighted by Gasteiger charge is -2.35. The first-order valence-electron chi connectivity index (χ1n) is 17.3. The van der Waals surface area contributed by atoms with Crippen LogP contribution in [0.3, 0.4) is 0 Å². The highest BCUT2D eigenvalue weighted by Gasteiger charge is 2.27. The van der Waals surface area contributed by atoms with Crippen LogP contribution in [-0.4, -0.2) is 48.7 Å². The molecule has 7 rings (SSSR count). The van der Waals surface area contributed by atoms with Gasteiger partial charge in [-0.05, 0) is 80.0 Å². The lowest BCUT2D eigenvalue weighted by Crippen LogP contribution is -2.50. The summed E-state index contributed by atoms with van der Waals surface area (Å²) in [7, 11) is 0. The Morgan fingerprint density at radius 1 is 1.08 bits per heavy atom. The second-order valence-electron chi connectivity index (χ2n) is 13.9. The fourth-order valence-electron chi connectivity index (χ4n) is 6.39. The number of anilines is 4. The number of nitrogens with zero attached hydrogens (tertiary/aromatic N) is 5. The predicted molar refractivity (Wildman–Crippen MR) is 204 cm³/mol. The van der Waals surface area contributed by atoms with Crippen molar-refractivity contribution in [2.75, 3.05) is 22.5 Å². The minimum absolute atomic E-state index is 0.117. The van der Waals surface area contributed by atoms with Crippen molar-refractivity contribution in [1.82, 2.24) is 29.9 Å². The van der Waals surface area contributed by atoms with Crippen LogP contribution in [-0.2, 0) is 11.3 Å². The van der Waals surface area contributed by atoms with E-state index in [1.807, 2.05) is 66.9 Å². The number of ether oxygens (including phenoxy) is 1. The maximum atomic E-state index is 11.9. The summed E-state index contributed by atoms with van der Waals surface area (Å²) >= 11 is 0. The normalized spacial score (nSPS) is 15.5. The van der Waals surface area contributed by atoms with Crippen LogP contribution in [0.2, 0.25) is 0 Å². The molecule has 1 amide bonds. The first-order valence-corrected chi connectivity index (χ1v) is 17.3. The van der Waals surface area contributed by atoms with Crippen molar-refractivity contribution in [3.8, 4) is 17.0 Å². The van der Waals surface area contributed by atoms with Crippen molar-refractivity contribution >= 4 is 45.6 Å². The number of benzene rings is 3. The summed E-state index contributed by atoms with van der Waals surface area (Å²) in [6.45, 7) is 13.5. The van der Waals surface area contributed by atoms with Crippen LogP contribution in [0.15, 0.2) is 97.8 Å². The van der Waals surface area contributed by atoms with Gasteiger partial charge in [-0.15, -0.1) is 0 Å². The average Bonchev–Trinajstić information content (AvgIpc) is 3.56. The van der Waals surface area contributed by atoms with E-state index in [2.05, 4.69) is 72.8 Å². The smallest absolute Gasteiger partial charge is 0.247 e. The zero-order chi connectivity index (χ0) is 35.5. The van der Waals surface area contributed by atoms with Gasteiger partial charge in [0.2, 0.25) is 17.8 Å². The van der Waals surface area contributed by atoms with E-state index in [0.29, 0.717) is 24.1 Å². The van der Waals surface area contributed by atoms with Crippen LogP contribution in [0, 0.1) is 0 Å². The number of aromatic nitrogens is 5. The molecule has 3 aromatic heterocycles. The highest BCUT2D eigenvalue weighted by atomic mass is 16.5. The van der Waals surface area contributed by atoms with Gasteiger partial charge in [-0.1, -0.05) is 56.8 Å². The molecule has 1 unspecified atom stereocenters. The van der Waals surface area contributed by atoms with Gasteiger partial charge in [0.1, 0.15) is 11.9 Å². The number of rotatable bonds is 11. The summed E-state index contributed by atoms with van der Waals surface area (Å²) in [6, 6.07) is 23.8. The molecule has 11 nitrogen and oxygen atoms in total. The van der Waals surface area contributed by atoms with Crippen LogP contribution in [0.4, 0.5) is 23.3 Å². The Kier molecular flexibility index (Phi) is 9.38. The number of piperidine rings is 1. The molecule has 260 valence electrons. The Labute approximate surface area is 297 Å². The standard InChI is InChI=1S/C40H43N9O2/c1-6-35(50)45-29-14-15-33-26(20-29)17-19-41-36(33)32-13-8-7-10-27(32)22-42-39-48-38(47-37-34(25(2)3)24-44-49(37)39)46-28-11-9-12-30(21-28)51-31-16-18-40(4,5)43-23-31/h6-15,17,19-21,24-25,31,43H,1,16,18,22-23H2,2-5H3,(H,45,50)(H2,42,46,47,48). The molecule has 1 saturated heterocycles. The van der Waals surface area contributed by atoms with E-state index >= 15 is 0 Å². The Balaban J connectivity index is 1.16. The van der Waals surface area contributed by atoms with Gasteiger partial charge in [-0.2, -0.15) is 19.6 Å². The molecule has 1 aliphatic heterocycles. The third-order valence-electron chi connectivity index (χ3n) is 9.24. The summed E-state index contributed by atoms with van der Waals surface area (Å²) < 4.78 is 8.11. The van der Waals surface area contributed by atoms with Crippen molar-refractivity contribution in [2.24, 2.45) is 0 Å². The predicted octanol–water partition coefficient (Wildman–Crippen LogP) is 7.85. The van der Waals surface area contributed by atoms with Gasteiger partial charge >= 0.3 is 0 Å². The Bertz CT molecular complexity index is 2220. The molecule has 11 heteroatoms. The van der Waals surface area contributed by atoms with Crippen LogP contribution >= 0.6 is 0 Å². The van der Waals surface area contributed by atoms with E-state index in [1.165, 1.54) is 6.08 Å². The summed E-state index contributed by atoms with van der Waals surface area (Å²) in [5.74, 6) is 1.77. The quantitative estimate of drug-likeness (QED) is 0.101. The average molecular weight is 682 g/mol. The summed E-state index contributed by atoms with van der Waals surface area (Å²) in [6.07, 6.45) is 7.08. The SMILES string of the molecule is C=CC(=O)Nc1ccc2c(-c3ccccc3CNc3nc(Nc4cccc(OC5CCC(C)(C)NC5)c4)nc4c(C(C)C)cnn34)nccc2c1. The van der Waals surface area contributed by atoms with Crippen LogP contribution in [0.1, 0.15) is 57.6 Å².